The minimum absolute atomic E-state index is 0.0000366. The summed E-state index contributed by atoms with van der Waals surface area (Å²) in [5.41, 5.74) is 3.44. The average molecular weight is 382 g/mol. The van der Waals surface area contributed by atoms with Crippen LogP contribution >= 0.6 is 11.3 Å². The number of hydrogen-bond donors (Lipinski definition) is 0. The van der Waals surface area contributed by atoms with Gasteiger partial charge in [0.1, 0.15) is 11.6 Å². The number of thiazole rings is 1. The number of amides is 1. The Hall–Kier alpha value is -2.61. The fraction of sp³-hybridized carbons (Fsp3) is 0.421. The summed E-state index contributed by atoms with van der Waals surface area (Å²) in [5, 5.41) is 2.06. The second kappa shape index (κ2) is 7.96. The molecular weight excluding hydrogens is 360 g/mol. The molecule has 1 aliphatic rings. The highest BCUT2D eigenvalue weighted by atomic mass is 32.1. The van der Waals surface area contributed by atoms with Crippen molar-refractivity contribution in [1.82, 2.24) is 29.4 Å². The summed E-state index contributed by atoms with van der Waals surface area (Å²) in [6.07, 6.45) is 9.87. The molecule has 0 radical (unpaired) electrons. The normalized spacial score (nSPS) is 17.2. The molecule has 7 nitrogen and oxygen atoms in total. The molecule has 4 heterocycles. The number of carbonyl (C=O) groups excluding carboxylic acids is 1. The Labute approximate surface area is 162 Å². The third-order valence-electron chi connectivity index (χ3n) is 4.91. The molecule has 1 saturated heterocycles. The van der Waals surface area contributed by atoms with Crippen LogP contribution < -0.4 is 0 Å². The van der Waals surface area contributed by atoms with Crippen LogP contribution in [-0.4, -0.2) is 48.4 Å². The second-order valence-corrected chi connectivity index (χ2v) is 7.44. The molecule has 140 valence electrons. The van der Waals surface area contributed by atoms with E-state index in [0.717, 1.165) is 49.7 Å². The van der Waals surface area contributed by atoms with Gasteiger partial charge in [0, 0.05) is 55.6 Å². The Morgan fingerprint density at radius 3 is 2.85 bits per heavy atom. The molecule has 0 spiro atoms. The van der Waals surface area contributed by atoms with E-state index in [1.807, 2.05) is 29.7 Å². The lowest BCUT2D eigenvalue weighted by Crippen LogP contribution is -2.40. The molecule has 3 aromatic rings. The average Bonchev–Trinajstić information content (AvgIpc) is 3.40. The number of imidazole rings is 1. The first kappa shape index (κ1) is 17.8. The molecule has 8 heteroatoms. The van der Waals surface area contributed by atoms with Gasteiger partial charge in [-0.25, -0.2) is 19.9 Å². The van der Waals surface area contributed by atoms with Crippen LogP contribution in [0.1, 0.15) is 53.4 Å². The minimum atomic E-state index is -0.0000366. The van der Waals surface area contributed by atoms with Gasteiger partial charge in [0.15, 0.2) is 0 Å². The Morgan fingerprint density at radius 2 is 2.11 bits per heavy atom. The molecule has 1 atom stereocenters. The number of aryl methyl sites for hydroxylation is 1. The van der Waals surface area contributed by atoms with Gasteiger partial charge in [-0.05, 0) is 12.8 Å². The molecule has 1 aliphatic heterocycles. The van der Waals surface area contributed by atoms with E-state index in [9.17, 15) is 4.79 Å². The summed E-state index contributed by atoms with van der Waals surface area (Å²) < 4.78 is 2.15. The van der Waals surface area contributed by atoms with Crippen molar-refractivity contribution >= 4 is 17.2 Å². The number of rotatable bonds is 5. The highest BCUT2D eigenvalue weighted by Crippen LogP contribution is 2.27. The number of piperidine rings is 1. The van der Waals surface area contributed by atoms with Crippen molar-refractivity contribution in [1.29, 1.82) is 0 Å². The van der Waals surface area contributed by atoms with E-state index in [1.165, 1.54) is 0 Å². The molecule has 1 fully saturated rings. The Balaban J connectivity index is 1.48. The summed E-state index contributed by atoms with van der Waals surface area (Å²) in [7, 11) is 0. The Bertz CT molecular complexity index is 889. The summed E-state index contributed by atoms with van der Waals surface area (Å²) in [6, 6.07) is 0. The third kappa shape index (κ3) is 3.90. The van der Waals surface area contributed by atoms with Crippen LogP contribution in [0.15, 0.2) is 35.7 Å². The van der Waals surface area contributed by atoms with E-state index in [0.29, 0.717) is 12.1 Å². The van der Waals surface area contributed by atoms with Gasteiger partial charge in [0.05, 0.1) is 23.3 Å². The van der Waals surface area contributed by atoms with E-state index in [2.05, 4.69) is 29.9 Å². The van der Waals surface area contributed by atoms with Crippen molar-refractivity contribution in [2.45, 2.75) is 38.6 Å². The second-order valence-electron chi connectivity index (χ2n) is 6.72. The molecule has 4 rings (SSSR count). The quantitative estimate of drug-likeness (QED) is 0.678. The van der Waals surface area contributed by atoms with Gasteiger partial charge in [-0.3, -0.25) is 4.79 Å². The number of hydrogen-bond acceptors (Lipinski definition) is 6. The SMILES string of the molecule is CCc1ncc(C(=O)N2CCCC(c3nccn3Cc3cscn3)C2)cn1. The molecule has 0 N–H and O–H groups in total. The van der Waals surface area contributed by atoms with E-state index in [4.69, 9.17) is 0 Å². The Kier molecular flexibility index (Phi) is 5.24. The highest BCUT2D eigenvalue weighted by Gasteiger charge is 2.28. The number of likely N-dealkylation sites (tertiary alicyclic amines) is 1. The van der Waals surface area contributed by atoms with Crippen LogP contribution in [0.5, 0.6) is 0 Å². The molecule has 0 aliphatic carbocycles. The summed E-state index contributed by atoms with van der Waals surface area (Å²) in [4.78, 5) is 32.2. The first-order valence-electron chi connectivity index (χ1n) is 9.23. The number of aromatic nitrogens is 5. The smallest absolute Gasteiger partial charge is 0.257 e. The van der Waals surface area contributed by atoms with Crippen molar-refractivity contribution in [2.75, 3.05) is 13.1 Å². The zero-order valence-corrected chi connectivity index (χ0v) is 16.1. The van der Waals surface area contributed by atoms with E-state index >= 15 is 0 Å². The zero-order valence-electron chi connectivity index (χ0n) is 15.3. The lowest BCUT2D eigenvalue weighted by Gasteiger charge is -2.32. The zero-order chi connectivity index (χ0) is 18.6. The predicted octanol–water partition coefficient (Wildman–Crippen LogP) is 2.76. The largest absolute Gasteiger partial charge is 0.338 e. The van der Waals surface area contributed by atoms with Gasteiger partial charge in [-0.15, -0.1) is 11.3 Å². The first-order valence-corrected chi connectivity index (χ1v) is 10.2. The maximum absolute atomic E-state index is 12.9. The van der Waals surface area contributed by atoms with E-state index in [1.54, 1.807) is 23.7 Å². The summed E-state index contributed by atoms with van der Waals surface area (Å²) in [6.45, 7) is 4.15. The predicted molar refractivity (Wildman–Crippen MR) is 103 cm³/mol. The lowest BCUT2D eigenvalue weighted by molar-refractivity contribution is 0.0702. The van der Waals surface area contributed by atoms with Crippen molar-refractivity contribution in [2.24, 2.45) is 0 Å². The summed E-state index contributed by atoms with van der Waals surface area (Å²) in [5.74, 6) is 2.01. The molecule has 0 bridgehead atoms. The fourth-order valence-corrected chi connectivity index (χ4v) is 4.06. The number of nitrogens with zero attached hydrogens (tertiary/aromatic N) is 6. The van der Waals surface area contributed by atoms with Crippen LogP contribution in [0.4, 0.5) is 0 Å². The van der Waals surface area contributed by atoms with Gasteiger partial charge in [0.25, 0.3) is 5.91 Å². The third-order valence-corrected chi connectivity index (χ3v) is 5.54. The van der Waals surface area contributed by atoms with Gasteiger partial charge < -0.3 is 9.47 Å². The van der Waals surface area contributed by atoms with Crippen LogP contribution in [-0.2, 0) is 13.0 Å². The van der Waals surface area contributed by atoms with Crippen LogP contribution in [0.2, 0.25) is 0 Å². The van der Waals surface area contributed by atoms with Gasteiger partial charge >= 0.3 is 0 Å². The molecular formula is C19H22N6OS. The van der Waals surface area contributed by atoms with Crippen molar-refractivity contribution in [3.63, 3.8) is 0 Å². The molecule has 0 saturated carbocycles. The van der Waals surface area contributed by atoms with Gasteiger partial charge in [-0.1, -0.05) is 6.92 Å². The van der Waals surface area contributed by atoms with Gasteiger partial charge in [0.2, 0.25) is 0 Å². The molecule has 1 amide bonds. The monoisotopic (exact) mass is 382 g/mol. The van der Waals surface area contributed by atoms with E-state index < -0.39 is 0 Å². The summed E-state index contributed by atoms with van der Waals surface area (Å²) >= 11 is 1.60. The topological polar surface area (TPSA) is 76.8 Å². The first-order chi connectivity index (χ1) is 13.2. The molecule has 1 unspecified atom stereocenters. The molecule has 3 aromatic heterocycles. The lowest BCUT2D eigenvalue weighted by atomic mass is 9.96. The maximum Gasteiger partial charge on any atom is 0.257 e. The van der Waals surface area contributed by atoms with Crippen molar-refractivity contribution in [3.05, 3.63) is 58.6 Å². The number of carbonyl (C=O) groups is 1. The van der Waals surface area contributed by atoms with Gasteiger partial charge in [-0.2, -0.15) is 0 Å². The highest BCUT2D eigenvalue weighted by molar-refractivity contribution is 7.07. The Morgan fingerprint density at radius 1 is 1.26 bits per heavy atom. The van der Waals surface area contributed by atoms with Crippen LogP contribution in [0.3, 0.4) is 0 Å². The standard InChI is InChI=1S/C19H22N6OS/c1-2-17-21-8-15(9-22-17)19(26)25-6-3-4-14(10-25)18-20-5-7-24(18)11-16-12-27-13-23-16/h5,7-9,12-14H,2-4,6,10-11H2,1H3. The van der Waals surface area contributed by atoms with E-state index in [-0.39, 0.29) is 11.8 Å². The minimum Gasteiger partial charge on any atom is -0.338 e. The molecule has 27 heavy (non-hydrogen) atoms. The fourth-order valence-electron chi connectivity index (χ4n) is 3.51. The van der Waals surface area contributed by atoms with Crippen LogP contribution in [0, 0.1) is 0 Å². The molecule has 0 aromatic carbocycles. The van der Waals surface area contributed by atoms with Crippen molar-refractivity contribution < 1.29 is 4.79 Å². The maximum atomic E-state index is 12.9. The van der Waals surface area contributed by atoms with Crippen molar-refractivity contribution in [3.8, 4) is 0 Å². The van der Waals surface area contributed by atoms with Crippen LogP contribution in [0.25, 0.3) is 0 Å².